The Morgan fingerprint density at radius 2 is 2.27 bits per heavy atom. The monoisotopic (exact) mass is 217 g/mol. The van der Waals surface area contributed by atoms with Crippen molar-refractivity contribution in [3.63, 3.8) is 0 Å². The van der Waals surface area contributed by atoms with E-state index in [9.17, 15) is 0 Å². The summed E-state index contributed by atoms with van der Waals surface area (Å²) in [7, 11) is 0. The largest absolute Gasteiger partial charge is 0.367 e. The first-order chi connectivity index (χ1) is 7.42. The summed E-state index contributed by atoms with van der Waals surface area (Å²) in [5.74, 6) is 0.939. The van der Waals surface area contributed by atoms with Gasteiger partial charge in [-0.25, -0.2) is 9.97 Å². The molecule has 0 aromatic carbocycles. The SMILES string of the molecule is c1nc(NC2CC2)cc(-c2ccsc2)n1. The molecule has 3 nitrogen and oxygen atoms in total. The molecule has 1 aliphatic rings. The minimum absolute atomic E-state index is 0.634. The quantitative estimate of drug-likeness (QED) is 0.859. The number of aromatic nitrogens is 2. The summed E-state index contributed by atoms with van der Waals surface area (Å²) < 4.78 is 0. The molecule has 3 rings (SSSR count). The molecule has 1 N–H and O–H groups in total. The van der Waals surface area contributed by atoms with Crippen molar-refractivity contribution in [2.24, 2.45) is 0 Å². The molecule has 76 valence electrons. The fourth-order valence-corrected chi connectivity index (χ4v) is 2.09. The number of hydrogen-bond donors (Lipinski definition) is 1. The van der Waals surface area contributed by atoms with E-state index < -0.39 is 0 Å². The predicted octanol–water partition coefficient (Wildman–Crippen LogP) is 2.78. The van der Waals surface area contributed by atoms with Crippen LogP contribution in [-0.4, -0.2) is 16.0 Å². The number of nitrogens with zero attached hydrogens (tertiary/aromatic N) is 2. The van der Waals surface area contributed by atoms with Gasteiger partial charge < -0.3 is 5.32 Å². The molecule has 0 aliphatic heterocycles. The minimum atomic E-state index is 0.634. The zero-order valence-corrected chi connectivity index (χ0v) is 9.00. The molecule has 0 atom stereocenters. The zero-order valence-electron chi connectivity index (χ0n) is 8.18. The summed E-state index contributed by atoms with van der Waals surface area (Å²) in [4.78, 5) is 8.48. The van der Waals surface area contributed by atoms with Crippen molar-refractivity contribution in [2.75, 3.05) is 5.32 Å². The van der Waals surface area contributed by atoms with Crippen LogP contribution in [0.1, 0.15) is 12.8 Å². The van der Waals surface area contributed by atoms with Gasteiger partial charge in [-0.1, -0.05) is 0 Å². The Morgan fingerprint density at radius 3 is 3.00 bits per heavy atom. The molecule has 0 spiro atoms. The van der Waals surface area contributed by atoms with Crippen molar-refractivity contribution in [1.29, 1.82) is 0 Å². The van der Waals surface area contributed by atoms with E-state index in [4.69, 9.17) is 0 Å². The molecule has 15 heavy (non-hydrogen) atoms. The van der Waals surface area contributed by atoms with E-state index in [1.54, 1.807) is 17.7 Å². The summed E-state index contributed by atoms with van der Waals surface area (Å²) in [5, 5.41) is 7.53. The highest BCUT2D eigenvalue weighted by Crippen LogP contribution is 2.26. The van der Waals surface area contributed by atoms with Crippen molar-refractivity contribution in [2.45, 2.75) is 18.9 Å². The van der Waals surface area contributed by atoms with Gasteiger partial charge in [-0.05, 0) is 24.3 Å². The van der Waals surface area contributed by atoms with E-state index >= 15 is 0 Å². The van der Waals surface area contributed by atoms with Crippen LogP contribution in [0.5, 0.6) is 0 Å². The van der Waals surface area contributed by atoms with Gasteiger partial charge in [0.2, 0.25) is 0 Å². The van der Waals surface area contributed by atoms with Gasteiger partial charge in [0.05, 0.1) is 5.69 Å². The maximum Gasteiger partial charge on any atom is 0.130 e. The summed E-state index contributed by atoms with van der Waals surface area (Å²) >= 11 is 1.69. The van der Waals surface area contributed by atoms with Crippen LogP contribution >= 0.6 is 11.3 Å². The lowest BCUT2D eigenvalue weighted by atomic mass is 10.2. The molecule has 2 heterocycles. The maximum atomic E-state index is 4.27. The highest BCUT2D eigenvalue weighted by atomic mass is 32.1. The average molecular weight is 217 g/mol. The molecule has 1 aliphatic carbocycles. The van der Waals surface area contributed by atoms with E-state index in [2.05, 4.69) is 32.1 Å². The molecule has 0 saturated heterocycles. The van der Waals surface area contributed by atoms with Crippen LogP contribution in [0.25, 0.3) is 11.3 Å². The van der Waals surface area contributed by atoms with Crippen LogP contribution in [0, 0.1) is 0 Å². The van der Waals surface area contributed by atoms with Crippen molar-refractivity contribution >= 4 is 17.2 Å². The van der Waals surface area contributed by atoms with Crippen molar-refractivity contribution < 1.29 is 0 Å². The van der Waals surface area contributed by atoms with Gasteiger partial charge in [0.1, 0.15) is 12.1 Å². The smallest absolute Gasteiger partial charge is 0.130 e. The number of anilines is 1. The minimum Gasteiger partial charge on any atom is -0.367 e. The second-order valence-electron chi connectivity index (χ2n) is 3.72. The highest BCUT2D eigenvalue weighted by Gasteiger charge is 2.21. The number of rotatable bonds is 3. The molecule has 2 aromatic rings. The first-order valence-electron chi connectivity index (χ1n) is 5.03. The van der Waals surface area contributed by atoms with Gasteiger partial charge in [0.15, 0.2) is 0 Å². The van der Waals surface area contributed by atoms with Crippen molar-refractivity contribution in [3.8, 4) is 11.3 Å². The third-order valence-corrected chi connectivity index (χ3v) is 3.10. The Labute approximate surface area is 92.2 Å². The molecule has 4 heteroatoms. The Kier molecular flexibility index (Phi) is 2.14. The van der Waals surface area contributed by atoms with Crippen LogP contribution in [-0.2, 0) is 0 Å². The molecule has 1 saturated carbocycles. The number of hydrogen-bond acceptors (Lipinski definition) is 4. The lowest BCUT2D eigenvalue weighted by molar-refractivity contribution is 1.08. The van der Waals surface area contributed by atoms with Gasteiger partial charge in [-0.3, -0.25) is 0 Å². The molecule has 0 amide bonds. The lowest BCUT2D eigenvalue weighted by Gasteiger charge is -2.03. The Morgan fingerprint density at radius 1 is 1.33 bits per heavy atom. The van der Waals surface area contributed by atoms with E-state index in [-0.39, 0.29) is 0 Å². The van der Waals surface area contributed by atoms with Gasteiger partial charge in [0, 0.05) is 23.1 Å². The first kappa shape index (κ1) is 8.85. The lowest BCUT2D eigenvalue weighted by Crippen LogP contribution is -2.03. The summed E-state index contributed by atoms with van der Waals surface area (Å²) in [6.07, 6.45) is 4.15. The average Bonchev–Trinajstić information content (AvgIpc) is 2.91. The van der Waals surface area contributed by atoms with Gasteiger partial charge in [-0.2, -0.15) is 11.3 Å². The summed E-state index contributed by atoms with van der Waals surface area (Å²) in [5.41, 5.74) is 2.16. The topological polar surface area (TPSA) is 37.8 Å². The molecule has 0 unspecified atom stereocenters. The molecule has 0 bridgehead atoms. The summed E-state index contributed by atoms with van der Waals surface area (Å²) in [6, 6.07) is 4.73. The second-order valence-corrected chi connectivity index (χ2v) is 4.50. The molecular weight excluding hydrogens is 206 g/mol. The highest BCUT2D eigenvalue weighted by molar-refractivity contribution is 7.08. The molecule has 1 fully saturated rings. The van der Waals surface area contributed by atoms with Crippen LogP contribution in [0.2, 0.25) is 0 Å². The Balaban J connectivity index is 1.88. The van der Waals surface area contributed by atoms with Crippen molar-refractivity contribution in [1.82, 2.24) is 9.97 Å². The second kappa shape index (κ2) is 3.62. The standard InChI is InChI=1S/C11H11N3S/c1-2-9(1)14-11-5-10(12-7-13-11)8-3-4-15-6-8/h3-7,9H,1-2H2,(H,12,13,14). The van der Waals surface area contributed by atoms with Gasteiger partial charge >= 0.3 is 0 Å². The molecular formula is C11H11N3S. The van der Waals surface area contributed by atoms with E-state index in [1.165, 1.54) is 18.4 Å². The Bertz CT molecular complexity index is 449. The normalized spacial score (nSPS) is 15.2. The fraction of sp³-hybridized carbons (Fsp3) is 0.273. The van der Waals surface area contributed by atoms with Gasteiger partial charge in [-0.15, -0.1) is 0 Å². The van der Waals surface area contributed by atoms with Gasteiger partial charge in [0.25, 0.3) is 0 Å². The van der Waals surface area contributed by atoms with E-state index in [0.717, 1.165) is 11.5 Å². The van der Waals surface area contributed by atoms with E-state index in [0.29, 0.717) is 6.04 Å². The first-order valence-corrected chi connectivity index (χ1v) is 5.97. The molecule has 2 aromatic heterocycles. The maximum absolute atomic E-state index is 4.27. The number of thiophene rings is 1. The van der Waals surface area contributed by atoms with Crippen LogP contribution in [0.3, 0.4) is 0 Å². The van der Waals surface area contributed by atoms with E-state index in [1.807, 2.05) is 6.07 Å². The summed E-state index contributed by atoms with van der Waals surface area (Å²) in [6.45, 7) is 0. The Hall–Kier alpha value is -1.42. The van der Waals surface area contributed by atoms with Crippen molar-refractivity contribution in [3.05, 3.63) is 29.2 Å². The van der Waals surface area contributed by atoms with Crippen LogP contribution in [0.4, 0.5) is 5.82 Å². The third kappa shape index (κ3) is 1.99. The predicted molar refractivity (Wildman–Crippen MR) is 62.0 cm³/mol. The zero-order chi connectivity index (χ0) is 10.1. The van der Waals surface area contributed by atoms with Crippen LogP contribution < -0.4 is 5.32 Å². The number of nitrogens with one attached hydrogen (secondary N) is 1. The third-order valence-electron chi connectivity index (χ3n) is 2.41. The molecule has 0 radical (unpaired) electrons. The fourth-order valence-electron chi connectivity index (χ4n) is 1.44. The van der Waals surface area contributed by atoms with Crippen LogP contribution in [0.15, 0.2) is 29.2 Å².